The Labute approximate surface area is 159 Å². The number of carbonyl (C=O) groups excluding carboxylic acids is 1. The number of thiophene rings is 1. The minimum atomic E-state index is 0.0318. The second-order valence-electron chi connectivity index (χ2n) is 6.78. The largest absolute Gasteiger partial charge is 0.356 e. The molecule has 1 aromatic heterocycles. The molecule has 1 aliphatic heterocycles. The molecule has 1 aliphatic rings. The van der Waals surface area contributed by atoms with Crippen molar-refractivity contribution in [2.75, 3.05) is 46.0 Å². The first-order valence-corrected chi connectivity index (χ1v) is 10.8. The molecule has 1 atom stereocenters. The number of amides is 1. The fourth-order valence-corrected chi connectivity index (χ4v) is 4.58. The number of nitrogens with zero attached hydrogens (tertiary/aromatic N) is 3. The lowest BCUT2D eigenvalue weighted by Crippen LogP contribution is -2.49. The highest BCUT2D eigenvalue weighted by atomic mass is 32.2. The van der Waals surface area contributed by atoms with Gasteiger partial charge in [0, 0.05) is 49.6 Å². The van der Waals surface area contributed by atoms with Crippen LogP contribution in [-0.2, 0) is 11.2 Å². The topological polar surface area (TPSA) is 47.9 Å². The van der Waals surface area contributed by atoms with Gasteiger partial charge in [0.1, 0.15) is 6.54 Å². The lowest BCUT2D eigenvalue weighted by molar-refractivity contribution is -0.127. The fourth-order valence-electron chi connectivity index (χ4n) is 2.58. The maximum Gasteiger partial charge on any atom is 0.243 e. The number of thioether (sulfide) groups is 1. The number of likely N-dealkylation sites (N-methyl/N-ethyl adjacent to an activating group) is 1. The number of nitrogens with one attached hydrogen (secondary N) is 1. The molecule has 0 bridgehead atoms. The van der Waals surface area contributed by atoms with Gasteiger partial charge in [-0.2, -0.15) is 11.8 Å². The van der Waals surface area contributed by atoms with Crippen molar-refractivity contribution in [3.05, 3.63) is 22.4 Å². The summed E-state index contributed by atoms with van der Waals surface area (Å²) in [7, 11) is 3.54. The van der Waals surface area contributed by atoms with Gasteiger partial charge < -0.3 is 15.1 Å². The van der Waals surface area contributed by atoms with E-state index >= 15 is 0 Å². The molecule has 1 fully saturated rings. The summed E-state index contributed by atoms with van der Waals surface area (Å²) >= 11 is 3.82. The Morgan fingerprint density at radius 1 is 1.48 bits per heavy atom. The number of hydrogen-bond acceptors (Lipinski definition) is 4. The Balaban J connectivity index is 1.99. The third-order valence-corrected chi connectivity index (χ3v) is 6.71. The molecule has 0 saturated carbocycles. The molecular formula is C18H30N4OS2. The smallest absolute Gasteiger partial charge is 0.243 e. The average Bonchev–Trinajstić information content (AvgIpc) is 3.11. The quantitative estimate of drug-likeness (QED) is 0.606. The molecular weight excluding hydrogens is 352 g/mol. The Morgan fingerprint density at radius 3 is 2.92 bits per heavy atom. The molecule has 7 heteroatoms. The van der Waals surface area contributed by atoms with E-state index in [2.05, 4.69) is 46.6 Å². The van der Waals surface area contributed by atoms with E-state index in [0.717, 1.165) is 37.8 Å². The molecule has 0 spiro atoms. The van der Waals surface area contributed by atoms with Crippen LogP contribution in [0.1, 0.15) is 18.7 Å². The van der Waals surface area contributed by atoms with Crippen molar-refractivity contribution < 1.29 is 4.79 Å². The van der Waals surface area contributed by atoms with Crippen LogP contribution in [-0.4, -0.2) is 72.9 Å². The Morgan fingerprint density at radius 2 is 2.28 bits per heavy atom. The first-order chi connectivity index (χ1) is 12.0. The van der Waals surface area contributed by atoms with Gasteiger partial charge in [-0.3, -0.25) is 4.79 Å². The van der Waals surface area contributed by atoms with Gasteiger partial charge in [0.25, 0.3) is 0 Å². The number of rotatable bonds is 6. The van der Waals surface area contributed by atoms with Crippen LogP contribution < -0.4 is 5.32 Å². The second kappa shape index (κ2) is 10.1. The highest BCUT2D eigenvalue weighted by Gasteiger charge is 2.25. The Kier molecular flexibility index (Phi) is 8.09. The summed E-state index contributed by atoms with van der Waals surface area (Å²) in [5.41, 5.74) is 0. The SMILES string of the molecule is CC(C)C1CN(C(=NCC(=O)N(C)C)NCCc2cccs2)CCS1. The van der Waals surface area contributed by atoms with Gasteiger partial charge in [-0.15, -0.1) is 11.3 Å². The molecule has 1 unspecified atom stereocenters. The summed E-state index contributed by atoms with van der Waals surface area (Å²) in [6.45, 7) is 7.56. The molecule has 1 aromatic rings. The van der Waals surface area contributed by atoms with Crippen molar-refractivity contribution in [1.29, 1.82) is 0 Å². The monoisotopic (exact) mass is 382 g/mol. The predicted octanol–water partition coefficient (Wildman–Crippen LogP) is 2.40. The standard InChI is InChI=1S/C18H30N4OS2/c1-14(2)16-13-22(9-11-25-16)18(20-12-17(23)21(3)4)19-8-7-15-6-5-10-24-15/h5-6,10,14,16H,7-9,11-13H2,1-4H3,(H,19,20). The van der Waals surface area contributed by atoms with E-state index in [9.17, 15) is 4.79 Å². The van der Waals surface area contributed by atoms with Crippen LogP contribution in [0.15, 0.2) is 22.5 Å². The molecule has 2 heterocycles. The number of aliphatic imine (C=N–C) groups is 1. The molecule has 0 aromatic carbocycles. The molecule has 1 amide bonds. The summed E-state index contributed by atoms with van der Waals surface area (Å²) in [5.74, 6) is 2.65. The van der Waals surface area contributed by atoms with Crippen LogP contribution in [0.3, 0.4) is 0 Å². The van der Waals surface area contributed by atoms with Crippen LogP contribution in [0, 0.1) is 5.92 Å². The summed E-state index contributed by atoms with van der Waals surface area (Å²) in [6, 6.07) is 4.24. The number of carbonyl (C=O) groups is 1. The second-order valence-corrected chi connectivity index (χ2v) is 9.16. The van der Waals surface area contributed by atoms with Crippen LogP contribution in [0.2, 0.25) is 0 Å². The van der Waals surface area contributed by atoms with Crippen molar-refractivity contribution in [2.45, 2.75) is 25.5 Å². The van der Waals surface area contributed by atoms with Crippen molar-refractivity contribution in [2.24, 2.45) is 10.9 Å². The van der Waals surface area contributed by atoms with E-state index < -0.39 is 0 Å². The van der Waals surface area contributed by atoms with Gasteiger partial charge >= 0.3 is 0 Å². The van der Waals surface area contributed by atoms with Crippen molar-refractivity contribution in [1.82, 2.24) is 15.1 Å². The maximum atomic E-state index is 11.9. The number of guanidine groups is 1. The van der Waals surface area contributed by atoms with Crippen molar-refractivity contribution in [3.63, 3.8) is 0 Å². The van der Waals surface area contributed by atoms with Gasteiger partial charge in [0.2, 0.25) is 5.91 Å². The summed E-state index contributed by atoms with van der Waals surface area (Å²) < 4.78 is 0. The zero-order valence-corrected chi connectivity index (χ0v) is 17.3. The van der Waals surface area contributed by atoms with Crippen LogP contribution in [0.5, 0.6) is 0 Å². The molecule has 1 saturated heterocycles. The number of hydrogen-bond donors (Lipinski definition) is 1. The Bertz CT molecular complexity index is 557. The van der Waals surface area contributed by atoms with Crippen LogP contribution in [0.25, 0.3) is 0 Å². The molecule has 2 rings (SSSR count). The van der Waals surface area contributed by atoms with E-state index in [1.54, 1.807) is 30.3 Å². The zero-order valence-electron chi connectivity index (χ0n) is 15.7. The van der Waals surface area contributed by atoms with Crippen LogP contribution >= 0.6 is 23.1 Å². The fraction of sp³-hybridized carbons (Fsp3) is 0.667. The maximum absolute atomic E-state index is 11.9. The first kappa shape index (κ1) is 20.1. The zero-order chi connectivity index (χ0) is 18.2. The normalized spacial score (nSPS) is 18.5. The van der Waals surface area contributed by atoms with Gasteiger partial charge in [-0.25, -0.2) is 4.99 Å². The lowest BCUT2D eigenvalue weighted by Gasteiger charge is -2.36. The predicted molar refractivity (Wildman–Crippen MR) is 110 cm³/mol. The third-order valence-electron chi connectivity index (χ3n) is 4.23. The van der Waals surface area contributed by atoms with Gasteiger partial charge in [-0.1, -0.05) is 19.9 Å². The summed E-state index contributed by atoms with van der Waals surface area (Å²) in [4.78, 5) is 21.8. The first-order valence-electron chi connectivity index (χ1n) is 8.84. The molecule has 1 N–H and O–H groups in total. The van der Waals surface area contributed by atoms with Gasteiger partial charge in [0.15, 0.2) is 5.96 Å². The lowest BCUT2D eigenvalue weighted by atomic mass is 10.1. The minimum Gasteiger partial charge on any atom is -0.356 e. The highest BCUT2D eigenvalue weighted by molar-refractivity contribution is 8.00. The minimum absolute atomic E-state index is 0.0318. The Hall–Kier alpha value is -1.21. The van der Waals surface area contributed by atoms with Crippen LogP contribution in [0.4, 0.5) is 0 Å². The molecule has 0 aliphatic carbocycles. The van der Waals surface area contributed by atoms with E-state index in [0.29, 0.717) is 11.2 Å². The molecule has 140 valence electrons. The summed E-state index contributed by atoms with van der Waals surface area (Å²) in [6.07, 6.45) is 0.981. The van der Waals surface area contributed by atoms with E-state index in [4.69, 9.17) is 0 Å². The third kappa shape index (κ3) is 6.55. The van der Waals surface area contributed by atoms with Gasteiger partial charge in [-0.05, 0) is 23.8 Å². The van der Waals surface area contributed by atoms with E-state index in [-0.39, 0.29) is 12.5 Å². The molecule has 25 heavy (non-hydrogen) atoms. The van der Waals surface area contributed by atoms with Crippen molar-refractivity contribution >= 4 is 35.0 Å². The van der Waals surface area contributed by atoms with E-state index in [1.807, 2.05) is 11.8 Å². The van der Waals surface area contributed by atoms with E-state index in [1.165, 1.54) is 4.88 Å². The average molecular weight is 383 g/mol. The molecule has 0 radical (unpaired) electrons. The highest BCUT2D eigenvalue weighted by Crippen LogP contribution is 2.24. The molecule has 5 nitrogen and oxygen atoms in total. The van der Waals surface area contributed by atoms with Gasteiger partial charge in [0.05, 0.1) is 0 Å². The van der Waals surface area contributed by atoms with Crippen molar-refractivity contribution in [3.8, 4) is 0 Å². The summed E-state index contributed by atoms with van der Waals surface area (Å²) in [5, 5.41) is 6.20.